The number of carbonyl (C=O) groups is 1. The number of allylic oxidation sites excluding steroid dienone is 2. The molecule has 0 aromatic heterocycles. The van der Waals surface area contributed by atoms with Gasteiger partial charge in [0.2, 0.25) is 6.29 Å². The number of phenolic OH excluding ortho intramolecular Hbond substituents is 2. The Hall–Kier alpha value is -2.73. The maximum absolute atomic E-state index is 12.1. The van der Waals surface area contributed by atoms with Gasteiger partial charge in [-0.1, -0.05) is 0 Å². The summed E-state index contributed by atoms with van der Waals surface area (Å²) in [5, 5.41) is 18.7. The number of phenols is 2. The molecule has 2 N–H and O–H groups in total. The molecule has 5 rings (SSSR count). The minimum Gasteiger partial charge on any atom is -0.504 e. The zero-order valence-electron chi connectivity index (χ0n) is 11.4. The zero-order chi connectivity index (χ0) is 15.3. The smallest absolute Gasteiger partial charge is 0.343 e. The van der Waals surface area contributed by atoms with E-state index in [2.05, 4.69) is 0 Å². The Balaban J connectivity index is 1.54. The van der Waals surface area contributed by atoms with Crippen molar-refractivity contribution in [3.63, 3.8) is 0 Å². The lowest BCUT2D eigenvalue weighted by Crippen LogP contribution is -2.37. The molecular formula is C16H12O6. The van der Waals surface area contributed by atoms with Crippen LogP contribution in [0, 0.1) is 0 Å². The van der Waals surface area contributed by atoms with Crippen LogP contribution >= 0.6 is 0 Å². The first kappa shape index (κ1) is 13.0. The largest absolute Gasteiger partial charge is 0.504 e. The van der Waals surface area contributed by atoms with Gasteiger partial charge >= 0.3 is 5.97 Å². The number of hydrogen-bond acceptors (Lipinski definition) is 6. The lowest BCUT2D eigenvalue weighted by atomic mass is 9.99. The van der Waals surface area contributed by atoms with E-state index in [0.29, 0.717) is 5.76 Å². The Morgan fingerprint density at radius 2 is 2.05 bits per heavy atom. The highest BCUT2D eigenvalue weighted by Gasteiger charge is 2.39. The second kappa shape index (κ2) is 4.64. The maximum Gasteiger partial charge on any atom is 0.343 e. The molecule has 4 aliphatic rings. The molecule has 22 heavy (non-hydrogen) atoms. The van der Waals surface area contributed by atoms with E-state index in [4.69, 9.17) is 14.2 Å². The summed E-state index contributed by atoms with van der Waals surface area (Å²) in [7, 11) is 0. The fourth-order valence-electron chi connectivity index (χ4n) is 2.56. The van der Waals surface area contributed by atoms with Gasteiger partial charge in [0.05, 0.1) is 17.9 Å². The molecule has 3 heterocycles. The second-order valence-electron chi connectivity index (χ2n) is 5.24. The van der Waals surface area contributed by atoms with Crippen molar-refractivity contribution in [2.24, 2.45) is 0 Å². The van der Waals surface area contributed by atoms with Gasteiger partial charge in [-0.25, -0.2) is 4.79 Å². The summed E-state index contributed by atoms with van der Waals surface area (Å²) in [4.78, 5) is 12.1. The summed E-state index contributed by atoms with van der Waals surface area (Å²) in [6.45, 7) is 0. The number of hydrogen-bond donors (Lipinski definition) is 2. The molecule has 3 aliphatic heterocycles. The van der Waals surface area contributed by atoms with Crippen LogP contribution in [0.4, 0.5) is 0 Å². The fourth-order valence-corrected chi connectivity index (χ4v) is 2.56. The van der Waals surface area contributed by atoms with Crippen molar-refractivity contribution in [3.05, 3.63) is 59.1 Å². The van der Waals surface area contributed by atoms with Crippen molar-refractivity contribution < 1.29 is 29.2 Å². The Morgan fingerprint density at radius 1 is 1.23 bits per heavy atom. The minimum atomic E-state index is -0.621. The summed E-state index contributed by atoms with van der Waals surface area (Å²) in [5.74, 6) is -0.900. The molecule has 2 bridgehead atoms. The number of esters is 1. The van der Waals surface area contributed by atoms with Gasteiger partial charge < -0.3 is 24.4 Å². The molecule has 0 radical (unpaired) electrons. The predicted molar refractivity (Wildman–Crippen MR) is 73.8 cm³/mol. The lowest BCUT2D eigenvalue weighted by molar-refractivity contribution is -0.215. The number of fused-ring (bicyclic) bond motifs is 1. The van der Waals surface area contributed by atoms with Crippen molar-refractivity contribution in [2.75, 3.05) is 0 Å². The fraction of sp³-hybridized carbons (Fsp3) is 0.188. The molecule has 2 unspecified atom stereocenters. The average molecular weight is 300 g/mol. The summed E-state index contributed by atoms with van der Waals surface area (Å²) >= 11 is 0. The molecule has 1 fully saturated rings. The third kappa shape index (κ3) is 2.05. The molecule has 0 spiro atoms. The zero-order valence-corrected chi connectivity index (χ0v) is 11.4. The molecule has 6 nitrogen and oxygen atoms in total. The van der Waals surface area contributed by atoms with Crippen molar-refractivity contribution in [1.29, 1.82) is 0 Å². The van der Waals surface area contributed by atoms with Gasteiger partial charge in [0, 0.05) is 12.0 Å². The molecule has 1 aliphatic carbocycles. The van der Waals surface area contributed by atoms with Crippen LogP contribution < -0.4 is 0 Å². The van der Waals surface area contributed by atoms with E-state index in [1.54, 1.807) is 18.4 Å². The van der Waals surface area contributed by atoms with Gasteiger partial charge in [-0.05, 0) is 35.9 Å². The third-order valence-electron chi connectivity index (χ3n) is 3.77. The Labute approximate surface area is 125 Å². The van der Waals surface area contributed by atoms with Crippen LogP contribution in [0.3, 0.4) is 0 Å². The van der Waals surface area contributed by atoms with Crippen LogP contribution in [-0.4, -0.2) is 28.6 Å². The summed E-state index contributed by atoms with van der Waals surface area (Å²) < 4.78 is 16.2. The number of carbonyl (C=O) groups excluding carboxylic acids is 1. The maximum atomic E-state index is 12.1. The van der Waals surface area contributed by atoms with Gasteiger partial charge in [-0.15, -0.1) is 0 Å². The SMILES string of the molecule is O=C(OC1=CC2=COC3CC(O3)C2=C1)c1ccc(O)c(O)c1. The topological polar surface area (TPSA) is 85.2 Å². The molecule has 0 amide bonds. The Kier molecular flexibility index (Phi) is 2.74. The third-order valence-corrected chi connectivity index (χ3v) is 3.77. The first-order valence-corrected chi connectivity index (χ1v) is 6.79. The molecular weight excluding hydrogens is 288 g/mol. The molecule has 0 saturated carbocycles. The van der Waals surface area contributed by atoms with Crippen LogP contribution in [0.1, 0.15) is 16.8 Å². The van der Waals surface area contributed by atoms with Crippen molar-refractivity contribution in [3.8, 4) is 11.5 Å². The van der Waals surface area contributed by atoms with Crippen molar-refractivity contribution in [1.82, 2.24) is 0 Å². The number of benzene rings is 1. The second-order valence-corrected chi connectivity index (χ2v) is 5.24. The van der Waals surface area contributed by atoms with Gasteiger partial charge in [0.1, 0.15) is 5.76 Å². The van der Waals surface area contributed by atoms with Gasteiger partial charge in [0.15, 0.2) is 11.5 Å². The number of ether oxygens (including phenoxy) is 3. The minimum absolute atomic E-state index is 0.0241. The highest BCUT2D eigenvalue weighted by Crippen LogP contribution is 2.40. The van der Waals surface area contributed by atoms with E-state index in [9.17, 15) is 15.0 Å². The molecule has 2 atom stereocenters. The Bertz CT molecular complexity index is 752. The van der Waals surface area contributed by atoms with Crippen LogP contribution in [0.25, 0.3) is 0 Å². The first-order valence-electron chi connectivity index (χ1n) is 6.79. The van der Waals surface area contributed by atoms with E-state index in [0.717, 1.165) is 23.6 Å². The van der Waals surface area contributed by atoms with E-state index >= 15 is 0 Å². The molecule has 1 aromatic carbocycles. The van der Waals surface area contributed by atoms with E-state index in [1.165, 1.54) is 12.1 Å². The normalized spacial score (nSPS) is 24.8. The highest BCUT2D eigenvalue weighted by molar-refractivity contribution is 5.91. The number of rotatable bonds is 2. The van der Waals surface area contributed by atoms with Crippen LogP contribution in [-0.2, 0) is 14.2 Å². The first-order chi connectivity index (χ1) is 10.6. The average Bonchev–Trinajstić information content (AvgIpc) is 2.66. The van der Waals surface area contributed by atoms with E-state index < -0.39 is 5.97 Å². The van der Waals surface area contributed by atoms with Crippen LogP contribution in [0.5, 0.6) is 11.5 Å². The van der Waals surface area contributed by atoms with Crippen molar-refractivity contribution >= 4 is 5.97 Å². The highest BCUT2D eigenvalue weighted by atomic mass is 16.7. The van der Waals surface area contributed by atoms with Gasteiger partial charge in [-0.2, -0.15) is 0 Å². The van der Waals surface area contributed by atoms with Crippen LogP contribution in [0.2, 0.25) is 0 Å². The van der Waals surface area contributed by atoms with Gasteiger partial charge in [0.25, 0.3) is 0 Å². The van der Waals surface area contributed by atoms with Crippen molar-refractivity contribution in [2.45, 2.75) is 18.8 Å². The molecule has 1 saturated heterocycles. The summed E-state index contributed by atoms with van der Waals surface area (Å²) in [5.41, 5.74) is 1.92. The summed E-state index contributed by atoms with van der Waals surface area (Å²) in [6.07, 6.45) is 5.65. The monoisotopic (exact) mass is 300 g/mol. The quantitative estimate of drug-likeness (QED) is 0.642. The van der Waals surface area contributed by atoms with E-state index in [-0.39, 0.29) is 29.5 Å². The molecule has 1 aromatic rings. The van der Waals surface area contributed by atoms with Crippen LogP contribution in [0.15, 0.2) is 53.5 Å². The van der Waals surface area contributed by atoms with Gasteiger partial charge in [-0.3, -0.25) is 0 Å². The Morgan fingerprint density at radius 3 is 2.82 bits per heavy atom. The summed E-state index contributed by atoms with van der Waals surface area (Å²) in [6, 6.07) is 3.76. The number of aromatic hydroxyl groups is 2. The predicted octanol–water partition coefficient (Wildman–Crippen LogP) is 2.11. The van der Waals surface area contributed by atoms with E-state index in [1.807, 2.05) is 0 Å². The molecule has 6 heteroatoms. The standard InChI is InChI=1S/C16H12O6/c17-12-2-1-8(4-13(12)18)16(19)21-10-3-9-7-20-15-6-14(22-15)11(9)5-10/h1-5,7,14-15,17-18H,6H2. The molecule has 112 valence electrons. The lowest BCUT2D eigenvalue weighted by Gasteiger charge is -2.32.